The Morgan fingerprint density at radius 2 is 2.53 bits per heavy atom. The number of rotatable bonds is 6. The topological polar surface area (TPSA) is 104 Å². The van der Waals surface area contributed by atoms with Crippen molar-refractivity contribution in [1.82, 2.24) is 9.97 Å². The fraction of sp³-hybridized carbons (Fsp3) is 0.300. The molecule has 1 aromatic rings. The van der Waals surface area contributed by atoms with E-state index in [1.165, 1.54) is 19.5 Å². The van der Waals surface area contributed by atoms with Gasteiger partial charge in [-0.15, -0.1) is 6.58 Å². The Morgan fingerprint density at radius 1 is 1.82 bits per heavy atom. The number of aromatic nitrogens is 2. The highest BCUT2D eigenvalue weighted by atomic mass is 16.5. The second kappa shape index (κ2) is 5.69. The molecular weight excluding hydrogens is 226 g/mol. The van der Waals surface area contributed by atoms with E-state index in [2.05, 4.69) is 21.9 Å². The number of carboxylic acid groups (broad SMARTS) is 1. The molecule has 1 aromatic heterocycles. The van der Waals surface area contributed by atoms with E-state index >= 15 is 0 Å². The molecule has 1 unspecified atom stereocenters. The second-order valence-corrected chi connectivity index (χ2v) is 3.17. The van der Waals surface area contributed by atoms with Crippen LogP contribution in [-0.4, -0.2) is 34.2 Å². The number of ether oxygens (including phenoxy) is 1. The van der Waals surface area contributed by atoms with Gasteiger partial charge in [0.05, 0.1) is 13.4 Å². The van der Waals surface area contributed by atoms with Crippen molar-refractivity contribution < 1.29 is 14.6 Å². The summed E-state index contributed by atoms with van der Waals surface area (Å²) in [7, 11) is 1.31. The molecule has 0 aliphatic carbocycles. The van der Waals surface area contributed by atoms with Crippen molar-refractivity contribution in [2.45, 2.75) is 12.5 Å². The fourth-order valence-corrected chi connectivity index (χ4v) is 1.23. The molecule has 0 saturated heterocycles. The van der Waals surface area contributed by atoms with Crippen molar-refractivity contribution in [2.24, 2.45) is 0 Å². The van der Waals surface area contributed by atoms with Crippen LogP contribution in [0.15, 0.2) is 23.8 Å². The molecular formula is C10H13N3O4. The quantitative estimate of drug-likeness (QED) is 0.613. The highest BCUT2D eigenvalue weighted by molar-refractivity contribution is 5.77. The Balaban J connectivity index is 3.00. The summed E-state index contributed by atoms with van der Waals surface area (Å²) in [6.45, 7) is 3.46. The molecule has 0 aliphatic heterocycles. The number of anilines is 1. The van der Waals surface area contributed by atoms with E-state index in [1.54, 1.807) is 0 Å². The molecule has 0 aliphatic rings. The zero-order valence-electron chi connectivity index (χ0n) is 9.27. The molecule has 0 saturated carbocycles. The van der Waals surface area contributed by atoms with Crippen LogP contribution in [0.4, 0.5) is 5.82 Å². The zero-order valence-corrected chi connectivity index (χ0v) is 9.27. The van der Waals surface area contributed by atoms with E-state index in [9.17, 15) is 9.59 Å². The Morgan fingerprint density at radius 3 is 3.06 bits per heavy atom. The smallest absolute Gasteiger partial charge is 0.326 e. The third kappa shape index (κ3) is 3.07. The van der Waals surface area contributed by atoms with E-state index in [1.807, 2.05) is 0 Å². The molecule has 0 amide bonds. The molecule has 1 atom stereocenters. The van der Waals surface area contributed by atoms with Gasteiger partial charge in [-0.2, -0.15) is 0 Å². The minimum absolute atomic E-state index is 0.0530. The Labute approximate surface area is 97.2 Å². The molecule has 92 valence electrons. The lowest BCUT2D eigenvalue weighted by Crippen LogP contribution is -2.30. The van der Waals surface area contributed by atoms with Gasteiger partial charge < -0.3 is 20.1 Å². The number of aliphatic carboxylic acids is 1. The molecule has 0 aromatic carbocycles. The van der Waals surface area contributed by atoms with Crippen LogP contribution < -0.4 is 15.6 Å². The van der Waals surface area contributed by atoms with Gasteiger partial charge in [0.25, 0.3) is 5.56 Å². The van der Waals surface area contributed by atoms with Crippen molar-refractivity contribution in [3.63, 3.8) is 0 Å². The lowest BCUT2D eigenvalue weighted by Gasteiger charge is -2.14. The van der Waals surface area contributed by atoms with Crippen LogP contribution in [-0.2, 0) is 4.79 Å². The number of hydrogen-bond acceptors (Lipinski definition) is 5. The number of hydrogen-bond donors (Lipinski definition) is 3. The van der Waals surface area contributed by atoms with Crippen molar-refractivity contribution in [1.29, 1.82) is 0 Å². The lowest BCUT2D eigenvalue weighted by atomic mass is 10.2. The molecule has 0 fully saturated rings. The Hall–Kier alpha value is -2.31. The highest BCUT2D eigenvalue weighted by Crippen LogP contribution is 2.16. The predicted molar refractivity (Wildman–Crippen MR) is 61.3 cm³/mol. The molecule has 1 rings (SSSR count). The third-order valence-electron chi connectivity index (χ3n) is 2.03. The van der Waals surface area contributed by atoms with Crippen molar-refractivity contribution in [3.05, 3.63) is 29.3 Å². The van der Waals surface area contributed by atoms with Gasteiger partial charge in [-0.1, -0.05) is 6.08 Å². The largest absolute Gasteiger partial charge is 0.489 e. The van der Waals surface area contributed by atoms with Gasteiger partial charge in [-0.3, -0.25) is 4.79 Å². The number of carboxylic acids is 1. The first kappa shape index (κ1) is 12.8. The normalized spacial score (nSPS) is 11.6. The monoisotopic (exact) mass is 239 g/mol. The standard InChI is InChI=1S/C10H13N3O4/c1-3-4-6(10(15)16)13-8-7(17-2)9(14)12-5-11-8/h3,5-6H,1,4H2,2H3,(H,15,16)(H2,11,12,13,14). The maximum absolute atomic E-state index is 11.4. The Bertz CT molecular complexity index is 469. The SMILES string of the molecule is C=CCC(Nc1nc[nH]c(=O)c1OC)C(=O)O. The summed E-state index contributed by atoms with van der Waals surface area (Å²) in [5.74, 6) is -1.03. The maximum atomic E-state index is 11.4. The number of aromatic amines is 1. The summed E-state index contributed by atoms with van der Waals surface area (Å²) in [4.78, 5) is 28.4. The highest BCUT2D eigenvalue weighted by Gasteiger charge is 2.19. The molecule has 0 bridgehead atoms. The average molecular weight is 239 g/mol. The van der Waals surface area contributed by atoms with E-state index in [0.717, 1.165) is 0 Å². The van der Waals surface area contributed by atoms with Crippen molar-refractivity contribution >= 4 is 11.8 Å². The predicted octanol–water partition coefficient (Wildman–Crippen LogP) is 0.220. The number of nitrogens with one attached hydrogen (secondary N) is 2. The summed E-state index contributed by atoms with van der Waals surface area (Å²) >= 11 is 0. The van der Waals surface area contributed by atoms with Gasteiger partial charge >= 0.3 is 5.97 Å². The van der Waals surface area contributed by atoms with Gasteiger partial charge in [-0.25, -0.2) is 9.78 Å². The van der Waals surface area contributed by atoms with Crippen LogP contribution in [0, 0.1) is 0 Å². The van der Waals surface area contributed by atoms with Gasteiger partial charge in [0.15, 0.2) is 5.82 Å². The summed E-state index contributed by atoms with van der Waals surface area (Å²) in [5.41, 5.74) is -0.479. The Kier molecular flexibility index (Phi) is 4.27. The second-order valence-electron chi connectivity index (χ2n) is 3.17. The zero-order chi connectivity index (χ0) is 12.8. The van der Waals surface area contributed by atoms with Gasteiger partial charge in [0, 0.05) is 0 Å². The van der Waals surface area contributed by atoms with E-state index in [4.69, 9.17) is 9.84 Å². The molecule has 0 spiro atoms. The number of carbonyl (C=O) groups is 1. The molecule has 1 heterocycles. The fourth-order valence-electron chi connectivity index (χ4n) is 1.23. The third-order valence-corrected chi connectivity index (χ3v) is 2.03. The van der Waals surface area contributed by atoms with E-state index < -0.39 is 17.6 Å². The summed E-state index contributed by atoms with van der Waals surface area (Å²) in [6.07, 6.45) is 2.83. The summed E-state index contributed by atoms with van der Waals surface area (Å²) < 4.78 is 4.85. The van der Waals surface area contributed by atoms with E-state index in [0.29, 0.717) is 0 Å². The molecule has 0 radical (unpaired) electrons. The van der Waals surface area contributed by atoms with Gasteiger partial charge in [0.1, 0.15) is 6.04 Å². The van der Waals surface area contributed by atoms with Crippen LogP contribution in [0.25, 0.3) is 0 Å². The molecule has 7 heteroatoms. The number of nitrogens with zero attached hydrogens (tertiary/aromatic N) is 1. The number of H-pyrrole nitrogens is 1. The van der Waals surface area contributed by atoms with Gasteiger partial charge in [0.2, 0.25) is 5.75 Å². The first-order valence-corrected chi connectivity index (χ1v) is 4.82. The van der Waals surface area contributed by atoms with Crippen LogP contribution in [0.1, 0.15) is 6.42 Å². The van der Waals surface area contributed by atoms with Crippen LogP contribution in [0.2, 0.25) is 0 Å². The van der Waals surface area contributed by atoms with Crippen LogP contribution in [0.5, 0.6) is 5.75 Å². The van der Waals surface area contributed by atoms with Crippen LogP contribution in [0.3, 0.4) is 0 Å². The summed E-state index contributed by atoms with van der Waals surface area (Å²) in [6, 6.07) is -0.907. The lowest BCUT2D eigenvalue weighted by molar-refractivity contribution is -0.137. The van der Waals surface area contributed by atoms with Gasteiger partial charge in [-0.05, 0) is 6.42 Å². The summed E-state index contributed by atoms with van der Waals surface area (Å²) in [5, 5.41) is 11.5. The van der Waals surface area contributed by atoms with Crippen molar-refractivity contribution in [2.75, 3.05) is 12.4 Å². The minimum Gasteiger partial charge on any atom is -0.489 e. The van der Waals surface area contributed by atoms with Crippen molar-refractivity contribution in [3.8, 4) is 5.75 Å². The first-order valence-electron chi connectivity index (χ1n) is 4.82. The average Bonchev–Trinajstić information content (AvgIpc) is 2.28. The maximum Gasteiger partial charge on any atom is 0.326 e. The van der Waals surface area contributed by atoms with Crippen LogP contribution >= 0.6 is 0 Å². The number of methoxy groups -OCH3 is 1. The molecule has 17 heavy (non-hydrogen) atoms. The molecule has 3 N–H and O–H groups in total. The molecule has 7 nitrogen and oxygen atoms in total. The first-order chi connectivity index (χ1) is 8.10. The van der Waals surface area contributed by atoms with E-state index in [-0.39, 0.29) is 18.0 Å². The minimum atomic E-state index is -1.06.